The molecule has 2 aromatic heterocycles. The number of aromatic amines is 1. The summed E-state index contributed by atoms with van der Waals surface area (Å²) in [5.74, 6) is 0.338. The number of halogens is 1. The van der Waals surface area contributed by atoms with Gasteiger partial charge in [-0.1, -0.05) is 6.07 Å². The van der Waals surface area contributed by atoms with Gasteiger partial charge >= 0.3 is 0 Å². The molecule has 4 nitrogen and oxygen atoms in total. The first-order valence-corrected chi connectivity index (χ1v) is 6.53. The number of rotatable bonds is 2. The second kappa shape index (κ2) is 4.85. The van der Waals surface area contributed by atoms with Crippen LogP contribution in [0.5, 0.6) is 0 Å². The molecule has 0 saturated heterocycles. The van der Waals surface area contributed by atoms with E-state index >= 15 is 0 Å². The number of benzene rings is 1. The zero-order valence-corrected chi connectivity index (χ0v) is 11.4. The van der Waals surface area contributed by atoms with E-state index in [1.54, 1.807) is 18.3 Å². The summed E-state index contributed by atoms with van der Waals surface area (Å²) in [6.07, 6.45) is 3.45. The predicted octanol–water partition coefficient (Wildman–Crippen LogP) is 3.58. The van der Waals surface area contributed by atoms with Crippen LogP contribution < -0.4 is 5.32 Å². The van der Waals surface area contributed by atoms with Gasteiger partial charge < -0.3 is 10.3 Å². The van der Waals surface area contributed by atoms with Gasteiger partial charge in [-0.3, -0.25) is 4.79 Å². The molecular formula is C14H10BrN3O. The Balaban J connectivity index is 1.97. The minimum absolute atomic E-state index is 0.176. The van der Waals surface area contributed by atoms with Gasteiger partial charge in [0.25, 0.3) is 5.91 Å². The number of aromatic nitrogens is 2. The summed E-state index contributed by atoms with van der Waals surface area (Å²) in [6, 6.07) is 11.1. The third-order valence-electron chi connectivity index (χ3n) is 2.83. The molecule has 0 bridgehead atoms. The van der Waals surface area contributed by atoms with Crippen LogP contribution in [-0.4, -0.2) is 15.9 Å². The summed E-state index contributed by atoms with van der Waals surface area (Å²) in [5.41, 5.74) is 1.56. The number of anilines is 1. The molecule has 0 atom stereocenters. The Morgan fingerprint density at radius 3 is 2.95 bits per heavy atom. The second-order valence-electron chi connectivity index (χ2n) is 4.03. The highest BCUT2D eigenvalue weighted by atomic mass is 79.9. The summed E-state index contributed by atoms with van der Waals surface area (Å²) < 4.78 is 0.754. The van der Waals surface area contributed by atoms with Crippen LogP contribution >= 0.6 is 15.9 Å². The molecule has 2 heterocycles. The van der Waals surface area contributed by atoms with Crippen molar-refractivity contribution in [3.63, 3.8) is 0 Å². The van der Waals surface area contributed by atoms with E-state index in [-0.39, 0.29) is 5.91 Å². The Morgan fingerprint density at radius 2 is 2.11 bits per heavy atom. The largest absolute Gasteiger partial charge is 0.361 e. The van der Waals surface area contributed by atoms with E-state index in [0.29, 0.717) is 11.4 Å². The Hall–Kier alpha value is -2.14. The van der Waals surface area contributed by atoms with Gasteiger partial charge in [-0.2, -0.15) is 0 Å². The number of carbonyl (C=O) groups excluding carboxylic acids is 1. The Morgan fingerprint density at radius 1 is 1.21 bits per heavy atom. The van der Waals surface area contributed by atoms with E-state index in [4.69, 9.17) is 0 Å². The first-order valence-electron chi connectivity index (χ1n) is 5.73. The molecule has 0 spiro atoms. The summed E-state index contributed by atoms with van der Waals surface area (Å²) in [6.45, 7) is 0. The van der Waals surface area contributed by atoms with Crippen molar-refractivity contribution in [3.05, 3.63) is 58.8 Å². The van der Waals surface area contributed by atoms with Crippen molar-refractivity contribution in [3.8, 4) is 0 Å². The smallest absolute Gasteiger partial charge is 0.257 e. The molecule has 94 valence electrons. The number of hydrogen-bond acceptors (Lipinski definition) is 2. The minimum atomic E-state index is -0.176. The van der Waals surface area contributed by atoms with Gasteiger partial charge in [-0.25, -0.2) is 4.98 Å². The fourth-order valence-electron chi connectivity index (χ4n) is 1.94. The van der Waals surface area contributed by atoms with E-state index in [0.717, 1.165) is 15.4 Å². The number of pyridine rings is 1. The molecule has 3 aromatic rings. The molecule has 0 aliphatic rings. The molecular weight excluding hydrogens is 306 g/mol. The first-order chi connectivity index (χ1) is 9.25. The highest BCUT2D eigenvalue weighted by Gasteiger charge is 2.12. The van der Waals surface area contributed by atoms with Crippen LogP contribution in [0.15, 0.2) is 53.3 Å². The molecule has 0 aliphatic carbocycles. The first kappa shape index (κ1) is 11.9. The third-order valence-corrected chi connectivity index (χ3v) is 3.47. The molecule has 1 amide bonds. The van der Waals surface area contributed by atoms with E-state index in [2.05, 4.69) is 31.2 Å². The van der Waals surface area contributed by atoms with Gasteiger partial charge in [0.15, 0.2) is 0 Å². The van der Waals surface area contributed by atoms with Gasteiger partial charge in [0.2, 0.25) is 0 Å². The predicted molar refractivity (Wildman–Crippen MR) is 78.2 cm³/mol. The molecule has 0 saturated carbocycles. The van der Waals surface area contributed by atoms with E-state index in [9.17, 15) is 4.79 Å². The Labute approximate surface area is 118 Å². The van der Waals surface area contributed by atoms with Crippen LogP contribution in [0.4, 0.5) is 5.82 Å². The number of fused-ring (bicyclic) bond motifs is 1. The second-order valence-corrected chi connectivity index (χ2v) is 4.89. The van der Waals surface area contributed by atoms with Crippen LogP contribution in [0.1, 0.15) is 10.4 Å². The Bertz CT molecular complexity index is 751. The highest BCUT2D eigenvalue weighted by Crippen LogP contribution is 2.22. The van der Waals surface area contributed by atoms with Crippen LogP contribution in [0.2, 0.25) is 0 Å². The average molecular weight is 316 g/mol. The Kier molecular flexibility index (Phi) is 3.05. The number of amides is 1. The normalized spacial score (nSPS) is 10.6. The number of H-pyrrole nitrogens is 1. The van der Waals surface area contributed by atoms with Crippen molar-refractivity contribution < 1.29 is 4.79 Å². The van der Waals surface area contributed by atoms with E-state index < -0.39 is 0 Å². The minimum Gasteiger partial charge on any atom is -0.361 e. The quantitative estimate of drug-likeness (QED) is 0.759. The lowest BCUT2D eigenvalue weighted by Crippen LogP contribution is -2.13. The lowest BCUT2D eigenvalue weighted by Gasteiger charge is -2.06. The number of nitrogens with one attached hydrogen (secondary N) is 2. The molecule has 2 N–H and O–H groups in total. The SMILES string of the molecule is O=C(Nc1ncccc1Br)c1cccc2[nH]ccc12. The zero-order chi connectivity index (χ0) is 13.2. The van der Waals surface area contributed by atoms with Gasteiger partial charge in [0.05, 0.1) is 4.47 Å². The van der Waals surface area contributed by atoms with Gasteiger partial charge in [-0.15, -0.1) is 0 Å². The molecule has 0 aliphatic heterocycles. The number of nitrogens with zero attached hydrogens (tertiary/aromatic N) is 1. The summed E-state index contributed by atoms with van der Waals surface area (Å²) in [4.78, 5) is 19.5. The topological polar surface area (TPSA) is 57.8 Å². The van der Waals surface area contributed by atoms with Crippen molar-refractivity contribution in [1.82, 2.24) is 9.97 Å². The fourth-order valence-corrected chi connectivity index (χ4v) is 2.29. The lowest BCUT2D eigenvalue weighted by molar-refractivity contribution is 0.102. The summed E-state index contributed by atoms with van der Waals surface area (Å²) in [7, 11) is 0. The van der Waals surface area contributed by atoms with E-state index in [1.807, 2.05) is 30.5 Å². The standard InChI is InChI=1S/C14H10BrN3O/c15-11-4-2-7-17-13(11)18-14(19)10-3-1-5-12-9(10)6-8-16-12/h1-8,16H,(H,17,18,19). The maximum atomic E-state index is 12.3. The van der Waals surface area contributed by atoms with Crippen molar-refractivity contribution in [2.24, 2.45) is 0 Å². The fraction of sp³-hybridized carbons (Fsp3) is 0. The maximum Gasteiger partial charge on any atom is 0.257 e. The molecule has 19 heavy (non-hydrogen) atoms. The lowest BCUT2D eigenvalue weighted by atomic mass is 10.1. The van der Waals surface area contributed by atoms with Crippen molar-refractivity contribution in [2.45, 2.75) is 0 Å². The molecule has 0 fully saturated rings. The summed E-state index contributed by atoms with van der Waals surface area (Å²) >= 11 is 3.36. The number of carbonyl (C=O) groups is 1. The maximum absolute atomic E-state index is 12.3. The molecule has 3 rings (SSSR count). The summed E-state index contributed by atoms with van der Waals surface area (Å²) in [5, 5.41) is 3.69. The zero-order valence-electron chi connectivity index (χ0n) is 9.85. The van der Waals surface area contributed by atoms with Crippen molar-refractivity contribution in [2.75, 3.05) is 5.32 Å². The number of hydrogen-bond donors (Lipinski definition) is 2. The van der Waals surface area contributed by atoms with Gasteiger partial charge in [-0.05, 0) is 46.3 Å². The third kappa shape index (κ3) is 2.24. The van der Waals surface area contributed by atoms with Crippen LogP contribution in [-0.2, 0) is 0 Å². The molecule has 0 unspecified atom stereocenters. The van der Waals surface area contributed by atoms with Crippen LogP contribution in [0, 0.1) is 0 Å². The average Bonchev–Trinajstić information content (AvgIpc) is 2.89. The van der Waals surface area contributed by atoms with Crippen LogP contribution in [0.25, 0.3) is 10.9 Å². The van der Waals surface area contributed by atoms with Gasteiger partial charge in [0, 0.05) is 28.9 Å². The monoisotopic (exact) mass is 315 g/mol. The van der Waals surface area contributed by atoms with E-state index in [1.165, 1.54) is 0 Å². The van der Waals surface area contributed by atoms with Crippen molar-refractivity contribution in [1.29, 1.82) is 0 Å². The molecule has 0 radical (unpaired) electrons. The van der Waals surface area contributed by atoms with Crippen LogP contribution in [0.3, 0.4) is 0 Å². The molecule has 1 aromatic carbocycles. The highest BCUT2D eigenvalue weighted by molar-refractivity contribution is 9.10. The van der Waals surface area contributed by atoms with Crippen molar-refractivity contribution >= 4 is 38.6 Å². The van der Waals surface area contributed by atoms with Gasteiger partial charge in [0.1, 0.15) is 5.82 Å². The molecule has 5 heteroatoms.